The Balaban J connectivity index is 2.09. The van der Waals surface area contributed by atoms with Crippen LogP contribution in [-0.4, -0.2) is 26.0 Å². The van der Waals surface area contributed by atoms with Gasteiger partial charge in [0.2, 0.25) is 10.0 Å². The molecule has 0 amide bonds. The second-order valence-corrected chi connectivity index (χ2v) is 8.66. The number of carboxylic acids is 1. The molecule has 20 heavy (non-hydrogen) atoms. The van der Waals surface area contributed by atoms with Gasteiger partial charge >= 0.3 is 5.97 Å². The lowest BCUT2D eigenvalue weighted by Gasteiger charge is -2.17. The fraction of sp³-hybridized carbons (Fsp3) is 0.417. The molecular weight excluding hydrogens is 366 g/mol. The number of aromatic carboxylic acids is 1. The Morgan fingerprint density at radius 2 is 2.25 bits per heavy atom. The molecule has 0 bridgehead atoms. The molecule has 1 unspecified atom stereocenters. The maximum Gasteiger partial charge on any atom is 0.345 e. The van der Waals surface area contributed by atoms with Gasteiger partial charge in [-0.25, -0.2) is 17.9 Å². The van der Waals surface area contributed by atoms with Gasteiger partial charge in [-0.2, -0.15) is 0 Å². The molecule has 2 rings (SSSR count). The van der Waals surface area contributed by atoms with E-state index in [1.807, 2.05) is 0 Å². The van der Waals surface area contributed by atoms with Crippen molar-refractivity contribution in [1.82, 2.24) is 4.72 Å². The Labute approximate surface area is 129 Å². The Kier molecular flexibility index (Phi) is 5.00. The number of halogens is 1. The summed E-state index contributed by atoms with van der Waals surface area (Å²) in [5.41, 5.74) is 0. The first kappa shape index (κ1) is 15.7. The summed E-state index contributed by atoms with van der Waals surface area (Å²) in [4.78, 5) is 10.9. The third-order valence-corrected chi connectivity index (χ3v) is 6.76. The molecule has 0 saturated heterocycles. The van der Waals surface area contributed by atoms with Crippen LogP contribution in [0.5, 0.6) is 0 Å². The molecule has 1 aliphatic carbocycles. The van der Waals surface area contributed by atoms with Crippen LogP contribution in [0.15, 0.2) is 26.9 Å². The summed E-state index contributed by atoms with van der Waals surface area (Å²) in [7, 11) is -3.68. The number of hydrogen-bond acceptors (Lipinski definition) is 4. The van der Waals surface area contributed by atoms with Crippen molar-refractivity contribution in [2.75, 3.05) is 6.54 Å². The van der Waals surface area contributed by atoms with E-state index in [1.165, 1.54) is 6.07 Å². The normalized spacial score (nSPS) is 19.1. The van der Waals surface area contributed by atoms with Gasteiger partial charge in [-0.1, -0.05) is 12.2 Å². The predicted octanol–water partition coefficient (Wildman–Crippen LogP) is 2.84. The molecule has 0 aromatic carbocycles. The standard InChI is InChI=1S/C12H14BrNO4S2/c13-11-10(6-9(19-11)12(15)16)20(17,18)14-7-8-4-2-1-3-5-8/h1-2,6,8,14H,3-5,7H2,(H,15,16). The van der Waals surface area contributed by atoms with Gasteiger partial charge in [0, 0.05) is 6.54 Å². The summed E-state index contributed by atoms with van der Waals surface area (Å²) in [6.07, 6.45) is 6.96. The highest BCUT2D eigenvalue weighted by Gasteiger charge is 2.24. The van der Waals surface area contributed by atoms with Gasteiger partial charge in [0.1, 0.15) is 9.77 Å². The summed E-state index contributed by atoms with van der Waals surface area (Å²) in [6.45, 7) is 0.372. The van der Waals surface area contributed by atoms with E-state index in [9.17, 15) is 13.2 Å². The zero-order valence-electron chi connectivity index (χ0n) is 10.5. The molecule has 8 heteroatoms. The van der Waals surface area contributed by atoms with E-state index in [0.29, 0.717) is 16.2 Å². The van der Waals surface area contributed by atoms with E-state index in [-0.39, 0.29) is 9.77 Å². The highest BCUT2D eigenvalue weighted by Crippen LogP contribution is 2.31. The molecule has 1 aliphatic rings. The number of hydrogen-bond donors (Lipinski definition) is 2. The minimum absolute atomic E-state index is 0.00199. The van der Waals surface area contributed by atoms with Crippen molar-refractivity contribution in [1.29, 1.82) is 0 Å². The molecule has 0 saturated carbocycles. The van der Waals surface area contributed by atoms with Gasteiger partial charge in [0.25, 0.3) is 0 Å². The molecule has 0 spiro atoms. The fourth-order valence-corrected chi connectivity index (χ4v) is 5.50. The Morgan fingerprint density at radius 1 is 1.50 bits per heavy atom. The van der Waals surface area contributed by atoms with E-state index in [2.05, 4.69) is 32.8 Å². The molecule has 1 aromatic heterocycles. The van der Waals surface area contributed by atoms with Crippen molar-refractivity contribution in [3.8, 4) is 0 Å². The van der Waals surface area contributed by atoms with Crippen LogP contribution in [0.1, 0.15) is 28.9 Å². The van der Waals surface area contributed by atoms with Crippen molar-refractivity contribution in [2.45, 2.75) is 24.2 Å². The SMILES string of the molecule is O=C(O)c1cc(S(=O)(=O)NCC2CC=CCC2)c(Br)s1. The highest BCUT2D eigenvalue weighted by molar-refractivity contribution is 9.11. The molecule has 1 atom stereocenters. The average Bonchev–Trinajstić information content (AvgIpc) is 2.81. The summed E-state index contributed by atoms with van der Waals surface area (Å²) in [6, 6.07) is 1.18. The number of carbonyl (C=O) groups is 1. The van der Waals surface area contributed by atoms with Crippen molar-refractivity contribution in [3.05, 3.63) is 26.9 Å². The van der Waals surface area contributed by atoms with E-state index < -0.39 is 16.0 Å². The second kappa shape index (κ2) is 6.38. The largest absolute Gasteiger partial charge is 0.477 e. The number of thiophene rings is 1. The number of allylic oxidation sites excluding steroid dienone is 2. The lowest BCUT2D eigenvalue weighted by molar-refractivity contribution is 0.0702. The van der Waals surface area contributed by atoms with Crippen LogP contribution in [-0.2, 0) is 10.0 Å². The molecule has 2 N–H and O–H groups in total. The zero-order valence-corrected chi connectivity index (χ0v) is 13.7. The molecule has 1 aromatic rings. The third kappa shape index (κ3) is 3.69. The van der Waals surface area contributed by atoms with Crippen LogP contribution in [0.3, 0.4) is 0 Å². The second-order valence-electron chi connectivity index (χ2n) is 4.56. The van der Waals surface area contributed by atoms with Gasteiger partial charge < -0.3 is 5.11 Å². The quantitative estimate of drug-likeness (QED) is 0.770. The summed E-state index contributed by atoms with van der Waals surface area (Å²) in [5.74, 6) is -0.833. The van der Waals surface area contributed by atoms with Crippen LogP contribution in [0, 0.1) is 5.92 Å². The molecule has 5 nitrogen and oxygen atoms in total. The first-order valence-corrected chi connectivity index (χ1v) is 9.16. The molecule has 0 fully saturated rings. The lowest BCUT2D eigenvalue weighted by Crippen LogP contribution is -2.29. The Hall–Kier alpha value is -0.700. The molecule has 0 aliphatic heterocycles. The van der Waals surface area contributed by atoms with Crippen LogP contribution < -0.4 is 4.72 Å². The van der Waals surface area contributed by atoms with Crippen LogP contribution in [0.2, 0.25) is 0 Å². The minimum atomic E-state index is -3.68. The van der Waals surface area contributed by atoms with Gasteiger partial charge in [0.15, 0.2) is 0 Å². The van der Waals surface area contributed by atoms with E-state index >= 15 is 0 Å². The van der Waals surface area contributed by atoms with Crippen LogP contribution in [0.4, 0.5) is 0 Å². The van der Waals surface area contributed by atoms with Crippen molar-refractivity contribution < 1.29 is 18.3 Å². The Bertz CT molecular complexity index is 636. The number of nitrogens with one attached hydrogen (secondary N) is 1. The van der Waals surface area contributed by atoms with Gasteiger partial charge in [-0.05, 0) is 47.2 Å². The number of sulfonamides is 1. The van der Waals surface area contributed by atoms with Crippen molar-refractivity contribution in [3.63, 3.8) is 0 Å². The average molecular weight is 380 g/mol. The number of rotatable bonds is 5. The van der Waals surface area contributed by atoms with Gasteiger partial charge in [-0.3, -0.25) is 0 Å². The predicted molar refractivity (Wildman–Crippen MR) is 80.6 cm³/mol. The first-order valence-electron chi connectivity index (χ1n) is 6.07. The Morgan fingerprint density at radius 3 is 2.80 bits per heavy atom. The smallest absolute Gasteiger partial charge is 0.345 e. The van der Waals surface area contributed by atoms with Crippen molar-refractivity contribution in [2.24, 2.45) is 5.92 Å². The van der Waals surface area contributed by atoms with Crippen LogP contribution >= 0.6 is 27.3 Å². The number of carboxylic acid groups (broad SMARTS) is 1. The monoisotopic (exact) mass is 379 g/mol. The molecule has 0 radical (unpaired) electrons. The minimum Gasteiger partial charge on any atom is -0.477 e. The maximum absolute atomic E-state index is 12.2. The van der Waals surface area contributed by atoms with E-state index in [4.69, 9.17) is 5.11 Å². The molecule has 1 heterocycles. The third-order valence-electron chi connectivity index (χ3n) is 3.10. The first-order chi connectivity index (χ1) is 9.40. The zero-order chi connectivity index (χ0) is 14.8. The summed E-state index contributed by atoms with van der Waals surface area (Å²) in [5, 5.41) is 8.89. The fourth-order valence-electron chi connectivity index (χ4n) is 1.99. The molecular formula is C12H14BrNO4S2. The van der Waals surface area contributed by atoms with Crippen LogP contribution in [0.25, 0.3) is 0 Å². The highest BCUT2D eigenvalue weighted by atomic mass is 79.9. The summed E-state index contributed by atoms with van der Waals surface area (Å²) >= 11 is 4.01. The maximum atomic E-state index is 12.2. The van der Waals surface area contributed by atoms with Crippen molar-refractivity contribution >= 4 is 43.3 Å². The van der Waals surface area contributed by atoms with Gasteiger partial charge in [0.05, 0.1) is 3.79 Å². The summed E-state index contributed by atoms with van der Waals surface area (Å²) < 4.78 is 27.2. The van der Waals surface area contributed by atoms with E-state index in [0.717, 1.165) is 30.6 Å². The molecule has 110 valence electrons. The lowest BCUT2D eigenvalue weighted by atomic mass is 9.95. The topological polar surface area (TPSA) is 83.5 Å². The van der Waals surface area contributed by atoms with E-state index in [1.54, 1.807) is 0 Å². The van der Waals surface area contributed by atoms with Gasteiger partial charge in [-0.15, -0.1) is 11.3 Å².